The van der Waals surface area contributed by atoms with Crippen molar-refractivity contribution in [1.82, 2.24) is 10.2 Å². The van der Waals surface area contributed by atoms with E-state index in [2.05, 4.69) is 10.6 Å². The average Bonchev–Trinajstić information content (AvgIpc) is 3.33. The van der Waals surface area contributed by atoms with Gasteiger partial charge in [-0.1, -0.05) is 12.1 Å². The summed E-state index contributed by atoms with van der Waals surface area (Å²) in [5.41, 5.74) is 0.616. The van der Waals surface area contributed by atoms with Crippen LogP contribution in [0.25, 0.3) is 0 Å². The van der Waals surface area contributed by atoms with E-state index in [0.717, 1.165) is 4.90 Å². The van der Waals surface area contributed by atoms with E-state index in [1.165, 1.54) is 30.4 Å². The van der Waals surface area contributed by atoms with Gasteiger partial charge in [0.15, 0.2) is 6.10 Å². The van der Waals surface area contributed by atoms with E-state index in [9.17, 15) is 19.2 Å². The maximum atomic E-state index is 12.3. The van der Waals surface area contributed by atoms with Crippen LogP contribution in [0.2, 0.25) is 0 Å². The molecule has 2 N–H and O–H groups in total. The van der Waals surface area contributed by atoms with Crippen LogP contribution in [-0.4, -0.2) is 47.9 Å². The molecule has 1 atom stereocenters. The highest BCUT2D eigenvalue weighted by molar-refractivity contribution is 7.12. The van der Waals surface area contributed by atoms with Gasteiger partial charge in [-0.05, 0) is 36.6 Å². The number of thiophene rings is 1. The van der Waals surface area contributed by atoms with Gasteiger partial charge in [-0.15, -0.1) is 11.3 Å². The number of hydrogen-bond donors (Lipinski definition) is 2. The Hall–Kier alpha value is -3.20. The summed E-state index contributed by atoms with van der Waals surface area (Å²) >= 11 is 1.31. The van der Waals surface area contributed by atoms with Gasteiger partial charge >= 0.3 is 12.0 Å². The lowest BCUT2D eigenvalue weighted by Gasteiger charge is -2.18. The fourth-order valence-corrected chi connectivity index (χ4v) is 3.12. The number of anilines is 1. The highest BCUT2D eigenvalue weighted by atomic mass is 32.1. The van der Waals surface area contributed by atoms with E-state index >= 15 is 0 Å². The van der Waals surface area contributed by atoms with Gasteiger partial charge in [0.25, 0.3) is 11.8 Å². The summed E-state index contributed by atoms with van der Waals surface area (Å²) in [6.07, 6.45) is -1.11. The summed E-state index contributed by atoms with van der Waals surface area (Å²) in [4.78, 5) is 49.7. The van der Waals surface area contributed by atoms with Crippen molar-refractivity contribution < 1.29 is 23.9 Å². The highest BCUT2D eigenvalue weighted by Gasteiger charge is 2.31. The third-order valence-corrected chi connectivity index (χ3v) is 4.72. The van der Waals surface area contributed by atoms with E-state index in [0.29, 0.717) is 17.1 Å². The van der Waals surface area contributed by atoms with Crippen molar-refractivity contribution in [3.05, 3.63) is 52.2 Å². The molecule has 2 aromatic rings. The number of rotatable bonds is 5. The molecule has 0 unspecified atom stereocenters. The highest BCUT2D eigenvalue weighted by Crippen LogP contribution is 2.16. The molecule has 3 rings (SSSR count). The Morgan fingerprint density at radius 2 is 2.07 bits per heavy atom. The first-order valence-corrected chi connectivity index (χ1v) is 9.09. The molecule has 27 heavy (non-hydrogen) atoms. The first-order chi connectivity index (χ1) is 13.0. The van der Waals surface area contributed by atoms with Crippen molar-refractivity contribution in [2.24, 2.45) is 0 Å². The largest absolute Gasteiger partial charge is 0.449 e. The van der Waals surface area contributed by atoms with Crippen LogP contribution in [0.5, 0.6) is 0 Å². The van der Waals surface area contributed by atoms with Crippen molar-refractivity contribution in [3.63, 3.8) is 0 Å². The zero-order valence-corrected chi connectivity index (χ0v) is 15.2. The molecular formula is C18H17N3O5S. The molecule has 0 radical (unpaired) electrons. The molecule has 0 aliphatic carbocycles. The summed E-state index contributed by atoms with van der Waals surface area (Å²) in [7, 11) is 0. The van der Waals surface area contributed by atoms with E-state index in [1.54, 1.807) is 29.6 Å². The third-order valence-electron chi connectivity index (χ3n) is 3.86. The number of hydrogen-bond acceptors (Lipinski definition) is 6. The molecule has 4 amide bonds. The van der Waals surface area contributed by atoms with Crippen molar-refractivity contribution >= 4 is 40.8 Å². The first kappa shape index (κ1) is 18.6. The number of imide groups is 1. The molecule has 1 aromatic heterocycles. The number of amides is 4. The zero-order valence-electron chi connectivity index (χ0n) is 14.4. The van der Waals surface area contributed by atoms with Gasteiger partial charge in [-0.3, -0.25) is 14.5 Å². The smallest absolute Gasteiger partial charge is 0.338 e. The van der Waals surface area contributed by atoms with Crippen molar-refractivity contribution in [2.75, 3.05) is 18.4 Å². The second-order valence-electron chi connectivity index (χ2n) is 5.78. The molecule has 0 saturated carbocycles. The van der Waals surface area contributed by atoms with E-state index in [4.69, 9.17) is 4.74 Å². The Balaban J connectivity index is 1.63. The van der Waals surface area contributed by atoms with Crippen LogP contribution in [0.4, 0.5) is 10.5 Å². The first-order valence-electron chi connectivity index (χ1n) is 8.21. The fourth-order valence-electron chi connectivity index (χ4n) is 2.50. The standard InChI is InChI=1S/C18H17N3O5S/c1-11(16(23)21-8-7-19-18(21)25)26-17(24)12-4-2-5-13(10-12)20-15(22)14-6-3-9-27-14/h2-6,9-11H,7-8H2,1H3,(H,19,25)(H,20,22)/t11-/m0/s1. The molecule has 1 saturated heterocycles. The van der Waals surface area contributed by atoms with Gasteiger partial charge in [0.1, 0.15) is 0 Å². The minimum absolute atomic E-state index is 0.185. The number of carbonyl (C=O) groups is 4. The van der Waals surface area contributed by atoms with Gasteiger partial charge in [-0.2, -0.15) is 0 Å². The molecule has 1 aromatic carbocycles. The van der Waals surface area contributed by atoms with Crippen molar-refractivity contribution in [3.8, 4) is 0 Å². The quantitative estimate of drug-likeness (QED) is 0.765. The Labute approximate surface area is 159 Å². The third kappa shape index (κ3) is 4.32. The number of ether oxygens (including phenoxy) is 1. The maximum Gasteiger partial charge on any atom is 0.338 e. The number of benzene rings is 1. The molecular weight excluding hydrogens is 370 g/mol. The summed E-state index contributed by atoms with van der Waals surface area (Å²) in [5.74, 6) is -1.58. The Morgan fingerprint density at radius 1 is 1.26 bits per heavy atom. The number of esters is 1. The summed E-state index contributed by atoms with van der Waals surface area (Å²) in [5, 5.41) is 7.01. The molecule has 9 heteroatoms. The van der Waals surface area contributed by atoms with Crippen LogP contribution in [0.1, 0.15) is 27.0 Å². The van der Waals surface area contributed by atoms with Crippen LogP contribution in [0.3, 0.4) is 0 Å². The fraction of sp³-hybridized carbons (Fsp3) is 0.222. The summed E-state index contributed by atoms with van der Waals surface area (Å²) in [6, 6.07) is 9.19. The topological polar surface area (TPSA) is 105 Å². The predicted octanol–water partition coefficient (Wildman–Crippen LogP) is 2.10. The number of nitrogens with zero attached hydrogens (tertiary/aromatic N) is 1. The SMILES string of the molecule is C[C@H](OC(=O)c1cccc(NC(=O)c2cccs2)c1)C(=O)N1CCNC1=O. The van der Waals surface area contributed by atoms with Crippen LogP contribution >= 0.6 is 11.3 Å². The monoisotopic (exact) mass is 387 g/mol. The molecule has 0 spiro atoms. The minimum atomic E-state index is -1.11. The molecule has 140 valence electrons. The maximum absolute atomic E-state index is 12.3. The van der Waals surface area contributed by atoms with Crippen LogP contribution < -0.4 is 10.6 Å². The summed E-state index contributed by atoms with van der Waals surface area (Å²) in [6.45, 7) is 2.02. The van der Waals surface area contributed by atoms with Crippen LogP contribution in [0.15, 0.2) is 41.8 Å². The number of carbonyl (C=O) groups excluding carboxylic acids is 4. The predicted molar refractivity (Wildman–Crippen MR) is 98.7 cm³/mol. The molecule has 1 fully saturated rings. The molecule has 8 nitrogen and oxygen atoms in total. The van der Waals surface area contributed by atoms with Gasteiger partial charge in [0, 0.05) is 18.8 Å². The lowest BCUT2D eigenvalue weighted by molar-refractivity contribution is -0.136. The van der Waals surface area contributed by atoms with Gasteiger partial charge in [0.05, 0.1) is 10.4 Å². The minimum Gasteiger partial charge on any atom is -0.449 e. The normalized spacial score (nSPS) is 14.4. The van der Waals surface area contributed by atoms with Crippen LogP contribution in [-0.2, 0) is 9.53 Å². The lowest BCUT2D eigenvalue weighted by Crippen LogP contribution is -2.41. The van der Waals surface area contributed by atoms with E-state index in [-0.39, 0.29) is 18.0 Å². The molecule has 1 aliphatic heterocycles. The zero-order chi connectivity index (χ0) is 19.4. The van der Waals surface area contributed by atoms with Crippen LogP contribution in [0, 0.1) is 0 Å². The number of urea groups is 1. The average molecular weight is 387 g/mol. The molecule has 0 bridgehead atoms. The van der Waals surface area contributed by atoms with Crippen molar-refractivity contribution in [2.45, 2.75) is 13.0 Å². The van der Waals surface area contributed by atoms with Crippen molar-refractivity contribution in [1.29, 1.82) is 0 Å². The van der Waals surface area contributed by atoms with E-state index < -0.39 is 24.0 Å². The Kier molecular flexibility index (Phi) is 5.51. The second-order valence-corrected chi connectivity index (χ2v) is 6.73. The van der Waals surface area contributed by atoms with E-state index in [1.807, 2.05) is 0 Å². The molecule has 2 heterocycles. The van der Waals surface area contributed by atoms with Gasteiger partial charge in [-0.25, -0.2) is 9.59 Å². The number of nitrogens with one attached hydrogen (secondary N) is 2. The second kappa shape index (κ2) is 8.00. The Morgan fingerprint density at radius 3 is 2.74 bits per heavy atom. The lowest BCUT2D eigenvalue weighted by atomic mass is 10.2. The van der Waals surface area contributed by atoms with Gasteiger partial charge < -0.3 is 15.4 Å². The molecule has 1 aliphatic rings. The summed E-state index contributed by atoms with van der Waals surface area (Å²) < 4.78 is 5.17. The van der Waals surface area contributed by atoms with Gasteiger partial charge in [0.2, 0.25) is 0 Å². The Bertz CT molecular complexity index is 881.